The summed E-state index contributed by atoms with van der Waals surface area (Å²) in [4.78, 5) is 11.6. The van der Waals surface area contributed by atoms with Crippen LogP contribution < -0.4 is 5.32 Å². The predicted octanol–water partition coefficient (Wildman–Crippen LogP) is 0.689. The van der Waals surface area contributed by atoms with Crippen LogP contribution in [0.25, 0.3) is 0 Å². The molecule has 1 heterocycles. The van der Waals surface area contributed by atoms with Crippen LogP contribution in [-0.2, 0) is 9.53 Å². The minimum atomic E-state index is -0.302. The molecule has 0 spiro atoms. The van der Waals surface area contributed by atoms with Gasteiger partial charge in [-0.3, -0.25) is 4.79 Å². The number of amides is 1. The Hall–Kier alpha value is -0.610. The minimum absolute atomic E-state index is 0.00114. The van der Waals surface area contributed by atoms with E-state index in [0.717, 1.165) is 12.8 Å². The molecule has 1 aliphatic heterocycles. The Bertz CT molecular complexity index is 208. The van der Waals surface area contributed by atoms with E-state index in [-0.39, 0.29) is 24.0 Å². The molecule has 0 aromatic heterocycles. The van der Waals surface area contributed by atoms with Crippen LogP contribution in [0.4, 0.5) is 0 Å². The van der Waals surface area contributed by atoms with Crippen molar-refractivity contribution in [1.29, 1.82) is 0 Å². The fourth-order valence-electron chi connectivity index (χ4n) is 1.71. The molecule has 0 aromatic carbocycles. The van der Waals surface area contributed by atoms with Crippen molar-refractivity contribution < 1.29 is 14.6 Å². The second-order valence-electron chi connectivity index (χ2n) is 4.22. The molecule has 3 atom stereocenters. The van der Waals surface area contributed by atoms with Gasteiger partial charge in [0, 0.05) is 6.54 Å². The number of carbonyl (C=O) groups is 1. The molecule has 4 nitrogen and oxygen atoms in total. The number of nitrogens with one attached hydrogen (secondary N) is 1. The third-order valence-electron chi connectivity index (χ3n) is 2.82. The lowest BCUT2D eigenvalue weighted by Crippen LogP contribution is -2.33. The molecule has 1 fully saturated rings. The van der Waals surface area contributed by atoms with Crippen LogP contribution in [0.15, 0.2) is 0 Å². The number of hydrogen-bond donors (Lipinski definition) is 2. The van der Waals surface area contributed by atoms with Crippen molar-refractivity contribution in [2.75, 3.05) is 13.2 Å². The second kappa shape index (κ2) is 6.08. The molecule has 0 radical (unpaired) electrons. The molecule has 2 N–H and O–H groups in total. The Kier molecular flexibility index (Phi) is 5.05. The quantitative estimate of drug-likeness (QED) is 0.709. The van der Waals surface area contributed by atoms with Crippen molar-refractivity contribution in [3.05, 3.63) is 0 Å². The monoisotopic (exact) mass is 215 g/mol. The molecule has 15 heavy (non-hydrogen) atoms. The van der Waals surface area contributed by atoms with Gasteiger partial charge in [0.1, 0.15) is 0 Å². The van der Waals surface area contributed by atoms with Crippen LogP contribution in [0.3, 0.4) is 0 Å². The molecule has 3 unspecified atom stereocenters. The normalized spacial score (nSPS) is 27.7. The summed E-state index contributed by atoms with van der Waals surface area (Å²) in [5.41, 5.74) is 0. The first-order valence-electron chi connectivity index (χ1n) is 5.70. The lowest BCUT2D eigenvalue weighted by Gasteiger charge is -2.11. The van der Waals surface area contributed by atoms with E-state index in [1.165, 1.54) is 0 Å². The lowest BCUT2D eigenvalue weighted by atomic mass is 10.1. The van der Waals surface area contributed by atoms with Crippen molar-refractivity contribution in [1.82, 2.24) is 5.32 Å². The number of hydrogen-bond acceptors (Lipinski definition) is 3. The van der Waals surface area contributed by atoms with Gasteiger partial charge < -0.3 is 15.2 Å². The second-order valence-corrected chi connectivity index (χ2v) is 4.22. The van der Waals surface area contributed by atoms with E-state index in [0.29, 0.717) is 19.6 Å². The Morgan fingerprint density at radius 1 is 1.67 bits per heavy atom. The smallest absolute Gasteiger partial charge is 0.225 e. The highest BCUT2D eigenvalue weighted by Crippen LogP contribution is 2.18. The third-order valence-corrected chi connectivity index (χ3v) is 2.82. The van der Waals surface area contributed by atoms with Crippen LogP contribution in [0, 0.1) is 5.92 Å². The zero-order valence-corrected chi connectivity index (χ0v) is 9.53. The Morgan fingerprint density at radius 3 is 2.93 bits per heavy atom. The molecular formula is C11H21NO3. The number of carbonyl (C=O) groups excluding carboxylic acids is 1. The minimum Gasteiger partial charge on any atom is -0.393 e. The molecule has 1 amide bonds. The highest BCUT2D eigenvalue weighted by molar-refractivity contribution is 5.79. The van der Waals surface area contributed by atoms with Crippen LogP contribution in [0.1, 0.15) is 33.1 Å². The molecule has 0 aromatic rings. The largest absolute Gasteiger partial charge is 0.393 e. The fourth-order valence-corrected chi connectivity index (χ4v) is 1.71. The highest BCUT2D eigenvalue weighted by atomic mass is 16.5. The average Bonchev–Trinajstić information content (AvgIpc) is 2.64. The van der Waals surface area contributed by atoms with Gasteiger partial charge in [-0.15, -0.1) is 0 Å². The molecule has 1 saturated heterocycles. The Balaban J connectivity index is 2.13. The lowest BCUT2D eigenvalue weighted by molar-refractivity contribution is -0.125. The first-order chi connectivity index (χ1) is 7.13. The van der Waals surface area contributed by atoms with E-state index >= 15 is 0 Å². The van der Waals surface area contributed by atoms with Crippen molar-refractivity contribution in [2.45, 2.75) is 45.3 Å². The van der Waals surface area contributed by atoms with Crippen molar-refractivity contribution >= 4 is 5.91 Å². The molecule has 0 aliphatic carbocycles. The fraction of sp³-hybridized carbons (Fsp3) is 0.909. The summed E-state index contributed by atoms with van der Waals surface area (Å²) in [5, 5.41) is 12.1. The zero-order chi connectivity index (χ0) is 11.3. The first kappa shape index (κ1) is 12.5. The molecule has 88 valence electrons. The van der Waals surface area contributed by atoms with E-state index in [2.05, 4.69) is 5.32 Å². The predicted molar refractivity (Wildman–Crippen MR) is 57.4 cm³/mol. The number of aliphatic hydroxyl groups excluding tert-OH is 1. The Morgan fingerprint density at radius 2 is 2.40 bits per heavy atom. The molecular weight excluding hydrogens is 194 g/mol. The summed E-state index contributed by atoms with van der Waals surface area (Å²) in [6, 6.07) is 0. The van der Waals surface area contributed by atoms with E-state index < -0.39 is 0 Å². The average molecular weight is 215 g/mol. The number of aliphatic hydroxyl groups is 1. The van der Waals surface area contributed by atoms with Gasteiger partial charge in [0.05, 0.1) is 24.7 Å². The van der Waals surface area contributed by atoms with Crippen molar-refractivity contribution in [3.8, 4) is 0 Å². The number of rotatable bonds is 5. The maximum absolute atomic E-state index is 11.6. The zero-order valence-electron chi connectivity index (χ0n) is 9.53. The molecule has 4 heteroatoms. The van der Waals surface area contributed by atoms with Crippen molar-refractivity contribution in [2.24, 2.45) is 5.92 Å². The maximum Gasteiger partial charge on any atom is 0.225 e. The van der Waals surface area contributed by atoms with Crippen molar-refractivity contribution in [3.63, 3.8) is 0 Å². The SMILES string of the molecule is CCC(O)CCNC(=O)C1COC(C)C1. The molecule has 0 saturated carbocycles. The first-order valence-corrected chi connectivity index (χ1v) is 5.70. The van der Waals surface area contributed by atoms with E-state index in [4.69, 9.17) is 4.74 Å². The van der Waals surface area contributed by atoms with Crippen LogP contribution in [-0.4, -0.2) is 36.4 Å². The van der Waals surface area contributed by atoms with Gasteiger partial charge in [0.25, 0.3) is 0 Å². The van der Waals surface area contributed by atoms with Gasteiger partial charge in [0.15, 0.2) is 0 Å². The van der Waals surface area contributed by atoms with Gasteiger partial charge >= 0.3 is 0 Å². The highest BCUT2D eigenvalue weighted by Gasteiger charge is 2.27. The topological polar surface area (TPSA) is 58.6 Å². The van der Waals surface area contributed by atoms with Crippen LogP contribution in [0.2, 0.25) is 0 Å². The standard InChI is InChI=1S/C11H21NO3/c1-3-10(13)4-5-12-11(14)9-6-8(2)15-7-9/h8-10,13H,3-7H2,1-2H3,(H,12,14). The Labute approximate surface area is 91.0 Å². The molecule has 1 rings (SSSR count). The van der Waals surface area contributed by atoms with Gasteiger partial charge in [-0.25, -0.2) is 0 Å². The summed E-state index contributed by atoms with van der Waals surface area (Å²) >= 11 is 0. The van der Waals surface area contributed by atoms with Gasteiger partial charge in [-0.05, 0) is 26.2 Å². The summed E-state index contributed by atoms with van der Waals surface area (Å²) in [6.07, 6.45) is 2.07. The molecule has 1 aliphatic rings. The summed E-state index contributed by atoms with van der Waals surface area (Å²) in [6.45, 7) is 5.00. The van der Waals surface area contributed by atoms with E-state index in [9.17, 15) is 9.90 Å². The third kappa shape index (κ3) is 4.18. The van der Waals surface area contributed by atoms with E-state index in [1.807, 2.05) is 13.8 Å². The maximum atomic E-state index is 11.6. The van der Waals surface area contributed by atoms with Gasteiger partial charge in [0.2, 0.25) is 5.91 Å². The van der Waals surface area contributed by atoms with Crippen LogP contribution in [0.5, 0.6) is 0 Å². The van der Waals surface area contributed by atoms with Gasteiger partial charge in [-0.1, -0.05) is 6.92 Å². The van der Waals surface area contributed by atoms with Crippen LogP contribution >= 0.6 is 0 Å². The van der Waals surface area contributed by atoms with E-state index in [1.54, 1.807) is 0 Å². The summed E-state index contributed by atoms with van der Waals surface area (Å²) in [7, 11) is 0. The summed E-state index contributed by atoms with van der Waals surface area (Å²) in [5.74, 6) is 0.0569. The summed E-state index contributed by atoms with van der Waals surface area (Å²) < 4.78 is 5.32. The van der Waals surface area contributed by atoms with Gasteiger partial charge in [-0.2, -0.15) is 0 Å². The molecule has 0 bridgehead atoms. The number of ether oxygens (including phenoxy) is 1.